The standard InChI is InChI=1S/C18H25NO3/c1-12(20)19-15-11-18(14-8-4-5-9-16(14)21-2)22-17-10-6-3-7-13(15)17/h4-5,8-9,13,15,17-18H,3,6-7,10-11H2,1-2H3,(H,19,20)/t13-,15+,17+,18+/m0/s1. The van der Waals surface area contributed by atoms with Crippen LogP contribution in [0.25, 0.3) is 0 Å². The van der Waals surface area contributed by atoms with Crippen molar-refractivity contribution in [1.82, 2.24) is 5.32 Å². The second-order valence-electron chi connectivity index (χ2n) is 6.40. The first kappa shape index (κ1) is 15.3. The zero-order valence-electron chi connectivity index (χ0n) is 13.4. The van der Waals surface area contributed by atoms with Crippen molar-refractivity contribution < 1.29 is 14.3 Å². The van der Waals surface area contributed by atoms with Gasteiger partial charge < -0.3 is 14.8 Å². The van der Waals surface area contributed by atoms with Crippen LogP contribution in [-0.4, -0.2) is 25.2 Å². The first-order valence-electron chi connectivity index (χ1n) is 8.24. The molecule has 2 fully saturated rings. The van der Waals surface area contributed by atoms with Gasteiger partial charge >= 0.3 is 0 Å². The lowest BCUT2D eigenvalue weighted by Gasteiger charge is -2.45. The average Bonchev–Trinajstić information content (AvgIpc) is 2.54. The number of fused-ring (bicyclic) bond motifs is 1. The normalized spacial score (nSPS) is 31.2. The number of hydrogen-bond donors (Lipinski definition) is 1. The van der Waals surface area contributed by atoms with Crippen LogP contribution in [0, 0.1) is 5.92 Å². The Morgan fingerprint density at radius 2 is 2.05 bits per heavy atom. The van der Waals surface area contributed by atoms with Gasteiger partial charge in [-0.05, 0) is 25.3 Å². The van der Waals surface area contributed by atoms with E-state index in [1.54, 1.807) is 14.0 Å². The summed E-state index contributed by atoms with van der Waals surface area (Å²) in [6, 6.07) is 8.23. The summed E-state index contributed by atoms with van der Waals surface area (Å²) in [6.45, 7) is 1.60. The van der Waals surface area contributed by atoms with E-state index in [0.717, 1.165) is 30.6 Å². The molecule has 1 aromatic carbocycles. The number of para-hydroxylation sites is 1. The molecule has 0 aromatic heterocycles. The van der Waals surface area contributed by atoms with E-state index in [1.165, 1.54) is 12.8 Å². The van der Waals surface area contributed by atoms with E-state index in [4.69, 9.17) is 9.47 Å². The van der Waals surface area contributed by atoms with Gasteiger partial charge in [0.1, 0.15) is 5.75 Å². The number of nitrogens with one attached hydrogen (secondary N) is 1. The van der Waals surface area contributed by atoms with Crippen LogP contribution in [0.1, 0.15) is 50.7 Å². The number of hydrogen-bond acceptors (Lipinski definition) is 3. The summed E-state index contributed by atoms with van der Waals surface area (Å²) in [7, 11) is 1.69. The van der Waals surface area contributed by atoms with Gasteiger partial charge in [0.05, 0.1) is 19.3 Å². The molecule has 0 unspecified atom stereocenters. The summed E-state index contributed by atoms with van der Waals surface area (Å²) in [5.74, 6) is 1.36. The monoisotopic (exact) mass is 303 g/mol. The smallest absolute Gasteiger partial charge is 0.217 e. The maximum absolute atomic E-state index is 11.6. The van der Waals surface area contributed by atoms with Gasteiger partial charge in [-0.15, -0.1) is 0 Å². The zero-order valence-corrected chi connectivity index (χ0v) is 13.4. The molecule has 1 aromatic rings. The molecule has 3 rings (SSSR count). The van der Waals surface area contributed by atoms with Gasteiger partial charge in [-0.25, -0.2) is 0 Å². The second kappa shape index (κ2) is 6.69. The maximum Gasteiger partial charge on any atom is 0.217 e. The molecule has 4 heteroatoms. The van der Waals surface area contributed by atoms with E-state index in [9.17, 15) is 4.79 Å². The molecule has 0 radical (unpaired) electrons. The third kappa shape index (κ3) is 3.12. The van der Waals surface area contributed by atoms with Crippen LogP contribution in [-0.2, 0) is 9.53 Å². The Morgan fingerprint density at radius 1 is 1.27 bits per heavy atom. The van der Waals surface area contributed by atoms with Crippen LogP contribution in [0.5, 0.6) is 5.75 Å². The lowest BCUT2D eigenvalue weighted by Crippen LogP contribution is -2.50. The molecule has 1 saturated carbocycles. The Kier molecular flexibility index (Phi) is 4.67. The lowest BCUT2D eigenvalue weighted by atomic mass is 9.76. The van der Waals surface area contributed by atoms with Crippen molar-refractivity contribution >= 4 is 5.91 Å². The molecule has 1 heterocycles. The minimum atomic E-state index is -0.00708. The summed E-state index contributed by atoms with van der Waals surface area (Å²) in [5.41, 5.74) is 1.09. The van der Waals surface area contributed by atoms with Gasteiger partial charge in [-0.2, -0.15) is 0 Å². The van der Waals surface area contributed by atoms with E-state index < -0.39 is 0 Å². The van der Waals surface area contributed by atoms with E-state index in [1.807, 2.05) is 18.2 Å². The second-order valence-corrected chi connectivity index (χ2v) is 6.40. The molecule has 1 aliphatic heterocycles. The Bertz CT molecular complexity index is 531. The van der Waals surface area contributed by atoms with Gasteiger partial charge in [0.15, 0.2) is 0 Å². The van der Waals surface area contributed by atoms with Crippen LogP contribution in [0.4, 0.5) is 0 Å². The fraction of sp³-hybridized carbons (Fsp3) is 0.611. The van der Waals surface area contributed by atoms with Gasteiger partial charge in [0, 0.05) is 24.4 Å². The van der Waals surface area contributed by atoms with Crippen LogP contribution in [0.2, 0.25) is 0 Å². The molecule has 1 N–H and O–H groups in total. The summed E-state index contributed by atoms with van der Waals surface area (Å²) in [5, 5.41) is 3.16. The summed E-state index contributed by atoms with van der Waals surface area (Å²) >= 11 is 0. The van der Waals surface area contributed by atoms with Crippen molar-refractivity contribution in [2.45, 2.75) is 57.3 Å². The summed E-state index contributed by atoms with van der Waals surface area (Å²) < 4.78 is 11.9. The van der Waals surface area contributed by atoms with Crippen LogP contribution in [0.15, 0.2) is 24.3 Å². The third-order valence-electron chi connectivity index (χ3n) is 4.95. The third-order valence-corrected chi connectivity index (χ3v) is 4.95. The Morgan fingerprint density at radius 3 is 2.82 bits per heavy atom. The molecule has 1 amide bonds. The molecule has 1 saturated heterocycles. The van der Waals surface area contributed by atoms with Gasteiger partial charge in [0.25, 0.3) is 0 Å². The number of rotatable bonds is 3. The molecule has 1 aliphatic carbocycles. The van der Waals surface area contributed by atoms with Crippen molar-refractivity contribution in [1.29, 1.82) is 0 Å². The molecular weight excluding hydrogens is 278 g/mol. The lowest BCUT2D eigenvalue weighted by molar-refractivity contribution is -0.131. The van der Waals surface area contributed by atoms with E-state index in [-0.39, 0.29) is 24.2 Å². The highest BCUT2D eigenvalue weighted by Gasteiger charge is 2.41. The van der Waals surface area contributed by atoms with Gasteiger partial charge in [0.2, 0.25) is 5.91 Å². The number of carbonyl (C=O) groups excluding carboxylic acids is 1. The Hall–Kier alpha value is -1.55. The number of carbonyl (C=O) groups is 1. The summed E-state index contributed by atoms with van der Waals surface area (Å²) in [6.07, 6.45) is 5.75. The first-order valence-corrected chi connectivity index (χ1v) is 8.24. The largest absolute Gasteiger partial charge is 0.496 e. The minimum absolute atomic E-state index is 0.00708. The molecule has 120 valence electrons. The average molecular weight is 303 g/mol. The number of methoxy groups -OCH3 is 1. The van der Waals surface area contributed by atoms with Crippen molar-refractivity contribution in [3.05, 3.63) is 29.8 Å². The number of amides is 1. The van der Waals surface area contributed by atoms with Crippen LogP contribution in [0.3, 0.4) is 0 Å². The van der Waals surface area contributed by atoms with E-state index in [2.05, 4.69) is 11.4 Å². The fourth-order valence-corrected chi connectivity index (χ4v) is 3.99. The first-order chi connectivity index (χ1) is 10.7. The molecule has 2 aliphatic rings. The van der Waals surface area contributed by atoms with Crippen molar-refractivity contribution in [3.8, 4) is 5.75 Å². The van der Waals surface area contributed by atoms with Crippen molar-refractivity contribution in [2.75, 3.05) is 7.11 Å². The van der Waals surface area contributed by atoms with E-state index >= 15 is 0 Å². The van der Waals surface area contributed by atoms with Crippen molar-refractivity contribution in [3.63, 3.8) is 0 Å². The number of benzene rings is 1. The van der Waals surface area contributed by atoms with Gasteiger partial charge in [-0.1, -0.05) is 31.0 Å². The highest BCUT2D eigenvalue weighted by Crippen LogP contribution is 2.43. The molecule has 0 bridgehead atoms. The van der Waals surface area contributed by atoms with Crippen LogP contribution >= 0.6 is 0 Å². The molecule has 0 spiro atoms. The highest BCUT2D eigenvalue weighted by atomic mass is 16.5. The highest BCUT2D eigenvalue weighted by molar-refractivity contribution is 5.73. The number of ether oxygens (including phenoxy) is 2. The predicted molar refractivity (Wildman–Crippen MR) is 84.8 cm³/mol. The minimum Gasteiger partial charge on any atom is -0.496 e. The Balaban J connectivity index is 1.85. The topological polar surface area (TPSA) is 47.6 Å². The predicted octanol–water partition coefficient (Wildman–Crippen LogP) is 3.22. The zero-order chi connectivity index (χ0) is 15.5. The molecule has 22 heavy (non-hydrogen) atoms. The van der Waals surface area contributed by atoms with Crippen molar-refractivity contribution in [2.24, 2.45) is 5.92 Å². The quantitative estimate of drug-likeness (QED) is 0.932. The molecule has 4 atom stereocenters. The fourth-order valence-electron chi connectivity index (χ4n) is 3.99. The maximum atomic E-state index is 11.6. The van der Waals surface area contributed by atoms with E-state index in [0.29, 0.717) is 5.92 Å². The SMILES string of the molecule is COc1ccccc1[C@H]1C[C@@H](NC(C)=O)[C@@H]2CCCC[C@H]2O1. The van der Waals surface area contributed by atoms with Crippen LogP contribution < -0.4 is 10.1 Å². The Labute approximate surface area is 132 Å². The summed E-state index contributed by atoms with van der Waals surface area (Å²) in [4.78, 5) is 11.6. The van der Waals surface area contributed by atoms with Gasteiger partial charge in [-0.3, -0.25) is 4.79 Å². The molecule has 4 nitrogen and oxygen atoms in total. The molecular formula is C18H25NO3.